The van der Waals surface area contributed by atoms with E-state index < -0.39 is 0 Å². The van der Waals surface area contributed by atoms with E-state index in [9.17, 15) is 9.59 Å². The summed E-state index contributed by atoms with van der Waals surface area (Å²) in [5.41, 5.74) is 1.60. The molecule has 3 rings (SSSR count). The topological polar surface area (TPSA) is 60.3 Å². The van der Waals surface area contributed by atoms with Gasteiger partial charge in [-0.1, -0.05) is 0 Å². The third kappa shape index (κ3) is 3.76. The number of carbonyl (C=O) groups excluding carboxylic acids is 2. The number of nitrogens with zero attached hydrogens (tertiary/aromatic N) is 4. The molecule has 0 radical (unpaired) electrons. The number of likely N-dealkylation sites (N-methyl/N-ethyl adjacent to an activating group) is 2. The van der Waals surface area contributed by atoms with Crippen molar-refractivity contribution in [3.05, 3.63) is 36.0 Å². The Morgan fingerprint density at radius 3 is 2.44 bits per heavy atom. The molecule has 7 heteroatoms. The van der Waals surface area contributed by atoms with Gasteiger partial charge in [-0.2, -0.15) is 0 Å². The number of amides is 2. The SMILES string of the molecule is CN1CCN(c2ccc3ccc(C(=O)NCC(=O)N(C)C)cn23)CC1. The Hall–Kier alpha value is -2.54. The Balaban J connectivity index is 1.78. The van der Waals surface area contributed by atoms with Gasteiger partial charge in [0.2, 0.25) is 5.91 Å². The number of rotatable bonds is 4. The average molecular weight is 343 g/mol. The highest BCUT2D eigenvalue weighted by molar-refractivity contribution is 5.96. The summed E-state index contributed by atoms with van der Waals surface area (Å²) in [6, 6.07) is 7.88. The van der Waals surface area contributed by atoms with E-state index in [0.29, 0.717) is 5.56 Å². The Kier molecular flexibility index (Phi) is 4.94. The Morgan fingerprint density at radius 1 is 1.08 bits per heavy atom. The van der Waals surface area contributed by atoms with Crippen LogP contribution in [-0.2, 0) is 4.79 Å². The molecule has 7 nitrogen and oxygen atoms in total. The van der Waals surface area contributed by atoms with Crippen molar-refractivity contribution < 1.29 is 9.59 Å². The number of piperazine rings is 1. The molecule has 0 saturated carbocycles. The highest BCUT2D eigenvalue weighted by atomic mass is 16.2. The number of anilines is 1. The Bertz CT molecular complexity index is 775. The molecule has 25 heavy (non-hydrogen) atoms. The molecule has 0 bridgehead atoms. The largest absolute Gasteiger partial charge is 0.355 e. The van der Waals surface area contributed by atoms with Crippen molar-refractivity contribution in [3.8, 4) is 0 Å². The number of hydrogen-bond donors (Lipinski definition) is 1. The summed E-state index contributed by atoms with van der Waals surface area (Å²) in [5, 5.41) is 2.68. The smallest absolute Gasteiger partial charge is 0.253 e. The van der Waals surface area contributed by atoms with Gasteiger partial charge in [0.05, 0.1) is 12.1 Å². The minimum atomic E-state index is -0.241. The first-order chi connectivity index (χ1) is 12.0. The molecule has 0 aromatic carbocycles. The number of nitrogens with one attached hydrogen (secondary N) is 1. The van der Waals surface area contributed by atoms with Crippen LogP contribution in [0.25, 0.3) is 5.52 Å². The van der Waals surface area contributed by atoms with Gasteiger partial charge in [-0.25, -0.2) is 0 Å². The molecule has 0 aliphatic carbocycles. The van der Waals surface area contributed by atoms with Crippen LogP contribution in [0.4, 0.5) is 5.82 Å². The fraction of sp³-hybridized carbons (Fsp3) is 0.444. The number of aromatic nitrogens is 1. The van der Waals surface area contributed by atoms with E-state index in [-0.39, 0.29) is 18.4 Å². The minimum absolute atomic E-state index is 0.000859. The van der Waals surface area contributed by atoms with E-state index >= 15 is 0 Å². The molecule has 1 N–H and O–H groups in total. The molecule has 1 aliphatic rings. The second-order valence-corrected chi connectivity index (χ2v) is 6.67. The lowest BCUT2D eigenvalue weighted by Gasteiger charge is -2.33. The van der Waals surface area contributed by atoms with E-state index in [2.05, 4.69) is 34.3 Å². The molecule has 1 aliphatic heterocycles. The molecule has 2 aromatic rings. The molecule has 2 amide bonds. The third-order valence-electron chi connectivity index (χ3n) is 4.62. The summed E-state index contributed by atoms with van der Waals surface area (Å²) < 4.78 is 2.05. The second-order valence-electron chi connectivity index (χ2n) is 6.67. The lowest BCUT2D eigenvalue weighted by Crippen LogP contribution is -2.44. The molecule has 0 spiro atoms. The summed E-state index contributed by atoms with van der Waals surface area (Å²) in [6.45, 7) is 3.99. The van der Waals surface area contributed by atoms with Crippen molar-refractivity contribution in [2.24, 2.45) is 0 Å². The molecule has 0 atom stereocenters. The molecule has 0 unspecified atom stereocenters. The first kappa shape index (κ1) is 17.3. The summed E-state index contributed by atoms with van der Waals surface area (Å²) in [6.07, 6.45) is 1.85. The van der Waals surface area contributed by atoms with Gasteiger partial charge in [0, 0.05) is 52.0 Å². The second kappa shape index (κ2) is 7.14. The van der Waals surface area contributed by atoms with Gasteiger partial charge in [0.1, 0.15) is 5.82 Å². The maximum Gasteiger partial charge on any atom is 0.253 e. The standard InChI is InChI=1S/C18H25N5O2/c1-20(2)17(24)12-19-18(25)14-4-5-15-6-7-16(23(15)13-14)22-10-8-21(3)9-11-22/h4-7,13H,8-12H2,1-3H3,(H,19,25). The van der Waals surface area contributed by atoms with Crippen LogP contribution in [0.3, 0.4) is 0 Å². The highest BCUT2D eigenvalue weighted by Crippen LogP contribution is 2.21. The molecule has 3 heterocycles. The average Bonchev–Trinajstić information content (AvgIpc) is 3.03. The number of fused-ring (bicyclic) bond motifs is 1. The van der Waals surface area contributed by atoms with Gasteiger partial charge in [-0.15, -0.1) is 0 Å². The van der Waals surface area contributed by atoms with Crippen LogP contribution >= 0.6 is 0 Å². The number of hydrogen-bond acceptors (Lipinski definition) is 4. The zero-order chi connectivity index (χ0) is 18.0. The van der Waals surface area contributed by atoms with Crippen molar-refractivity contribution in [1.82, 2.24) is 19.5 Å². The summed E-state index contributed by atoms with van der Waals surface area (Å²) >= 11 is 0. The maximum atomic E-state index is 12.4. The van der Waals surface area contributed by atoms with E-state index in [1.54, 1.807) is 20.2 Å². The lowest BCUT2D eigenvalue weighted by molar-refractivity contribution is -0.127. The van der Waals surface area contributed by atoms with Crippen LogP contribution in [-0.4, -0.2) is 79.9 Å². The van der Waals surface area contributed by atoms with Crippen molar-refractivity contribution in [2.45, 2.75) is 0 Å². The molecule has 134 valence electrons. The van der Waals surface area contributed by atoms with Crippen molar-refractivity contribution in [2.75, 3.05) is 58.8 Å². The van der Waals surface area contributed by atoms with E-state index in [0.717, 1.165) is 37.5 Å². The van der Waals surface area contributed by atoms with Gasteiger partial charge in [0.25, 0.3) is 5.91 Å². The summed E-state index contributed by atoms with van der Waals surface area (Å²) in [5.74, 6) is 0.728. The van der Waals surface area contributed by atoms with Gasteiger partial charge in [0.15, 0.2) is 0 Å². The Labute approximate surface area is 147 Å². The zero-order valence-corrected chi connectivity index (χ0v) is 15.0. The first-order valence-electron chi connectivity index (χ1n) is 8.48. The molecule has 1 fully saturated rings. The highest BCUT2D eigenvalue weighted by Gasteiger charge is 2.17. The fourth-order valence-electron chi connectivity index (χ4n) is 2.93. The van der Waals surface area contributed by atoms with Gasteiger partial charge < -0.3 is 24.4 Å². The zero-order valence-electron chi connectivity index (χ0n) is 15.0. The third-order valence-corrected chi connectivity index (χ3v) is 4.62. The monoisotopic (exact) mass is 343 g/mol. The van der Waals surface area contributed by atoms with E-state index in [4.69, 9.17) is 0 Å². The predicted molar refractivity (Wildman–Crippen MR) is 98.1 cm³/mol. The van der Waals surface area contributed by atoms with Gasteiger partial charge in [-0.05, 0) is 31.3 Å². The normalized spacial score (nSPS) is 15.4. The van der Waals surface area contributed by atoms with Crippen LogP contribution in [0.2, 0.25) is 0 Å². The molecule has 1 saturated heterocycles. The lowest BCUT2D eigenvalue weighted by atomic mass is 10.2. The Morgan fingerprint density at radius 2 is 1.76 bits per heavy atom. The first-order valence-corrected chi connectivity index (χ1v) is 8.48. The number of pyridine rings is 1. The van der Waals surface area contributed by atoms with Crippen LogP contribution in [0.5, 0.6) is 0 Å². The summed E-state index contributed by atoms with van der Waals surface area (Å²) in [7, 11) is 5.47. The van der Waals surface area contributed by atoms with Crippen LogP contribution in [0, 0.1) is 0 Å². The number of carbonyl (C=O) groups is 2. The molecule has 2 aromatic heterocycles. The fourth-order valence-corrected chi connectivity index (χ4v) is 2.93. The molecular formula is C18H25N5O2. The van der Waals surface area contributed by atoms with Crippen LogP contribution in [0.1, 0.15) is 10.4 Å². The van der Waals surface area contributed by atoms with E-state index in [1.807, 2.05) is 16.7 Å². The van der Waals surface area contributed by atoms with Crippen LogP contribution < -0.4 is 10.2 Å². The predicted octanol–water partition coefficient (Wildman–Crippen LogP) is 0.509. The maximum absolute atomic E-state index is 12.4. The van der Waals surface area contributed by atoms with Gasteiger partial charge >= 0.3 is 0 Å². The van der Waals surface area contributed by atoms with Crippen molar-refractivity contribution in [1.29, 1.82) is 0 Å². The summed E-state index contributed by atoms with van der Waals surface area (Å²) in [4.78, 5) is 30.1. The quantitative estimate of drug-likeness (QED) is 0.879. The van der Waals surface area contributed by atoms with Crippen molar-refractivity contribution in [3.63, 3.8) is 0 Å². The van der Waals surface area contributed by atoms with Gasteiger partial charge in [-0.3, -0.25) is 9.59 Å². The minimum Gasteiger partial charge on any atom is -0.355 e. The van der Waals surface area contributed by atoms with E-state index in [1.165, 1.54) is 4.90 Å². The van der Waals surface area contributed by atoms with Crippen molar-refractivity contribution >= 4 is 23.1 Å². The molecular weight excluding hydrogens is 318 g/mol. The van der Waals surface area contributed by atoms with Crippen LogP contribution in [0.15, 0.2) is 30.5 Å².